The lowest BCUT2D eigenvalue weighted by Gasteiger charge is -2.34. The van der Waals surface area contributed by atoms with E-state index >= 15 is 0 Å². The zero-order chi connectivity index (χ0) is 14.0. The Kier molecular flexibility index (Phi) is 3.74. The van der Waals surface area contributed by atoms with Crippen LogP contribution < -0.4 is 0 Å². The molecule has 5 heteroatoms. The van der Waals surface area contributed by atoms with Gasteiger partial charge in [-0.1, -0.05) is 60.4 Å². The van der Waals surface area contributed by atoms with Gasteiger partial charge in [-0.15, -0.1) is 0 Å². The Morgan fingerprint density at radius 2 is 1.95 bits per heavy atom. The Bertz CT molecular complexity index is 606. The molecular weight excluding hydrogens is 288 g/mol. The molecule has 3 nitrogen and oxygen atoms in total. The van der Waals surface area contributed by atoms with Crippen LogP contribution in [-0.4, -0.2) is 25.1 Å². The third-order valence-corrected chi connectivity index (χ3v) is 4.93. The largest absolute Gasteiger partial charge is 0.366 e. The van der Waals surface area contributed by atoms with E-state index in [2.05, 4.69) is 4.98 Å². The van der Waals surface area contributed by atoms with Gasteiger partial charge in [0.05, 0.1) is 18.0 Å². The maximum absolute atomic E-state index is 11.0. The second-order valence-electron chi connectivity index (χ2n) is 4.64. The molecule has 2 aromatic rings. The Labute approximate surface area is 127 Å². The van der Waals surface area contributed by atoms with Gasteiger partial charge >= 0.3 is 0 Å². The summed E-state index contributed by atoms with van der Waals surface area (Å²) in [5.41, 5.74) is 0.704. The first-order valence-corrected chi connectivity index (χ1v) is 7.72. The van der Waals surface area contributed by atoms with Crippen molar-refractivity contribution in [3.63, 3.8) is 0 Å². The van der Waals surface area contributed by atoms with E-state index < -0.39 is 5.72 Å². The minimum Gasteiger partial charge on any atom is -0.366 e. The van der Waals surface area contributed by atoms with Crippen molar-refractivity contribution in [1.82, 2.24) is 9.88 Å². The van der Waals surface area contributed by atoms with Crippen molar-refractivity contribution >= 4 is 28.3 Å². The molecule has 0 bridgehead atoms. The van der Waals surface area contributed by atoms with E-state index in [0.717, 1.165) is 11.3 Å². The van der Waals surface area contributed by atoms with Crippen molar-refractivity contribution in [2.75, 3.05) is 5.75 Å². The zero-order valence-corrected chi connectivity index (χ0v) is 12.4. The molecule has 0 saturated carbocycles. The van der Waals surface area contributed by atoms with Crippen LogP contribution in [0.1, 0.15) is 11.3 Å². The van der Waals surface area contributed by atoms with Crippen molar-refractivity contribution in [3.8, 4) is 0 Å². The highest BCUT2D eigenvalue weighted by Gasteiger charge is 2.43. The number of thiocarbonyl (C=S) groups is 1. The normalized spacial score (nSPS) is 22.2. The molecule has 3 rings (SSSR count). The van der Waals surface area contributed by atoms with E-state index in [1.807, 2.05) is 53.4 Å². The van der Waals surface area contributed by atoms with Gasteiger partial charge in [-0.05, 0) is 12.1 Å². The fourth-order valence-electron chi connectivity index (χ4n) is 2.26. The first kappa shape index (κ1) is 13.5. The predicted molar refractivity (Wildman–Crippen MR) is 85.2 cm³/mol. The van der Waals surface area contributed by atoms with E-state index in [4.69, 9.17) is 12.2 Å². The Balaban J connectivity index is 1.93. The Morgan fingerprint density at radius 1 is 1.20 bits per heavy atom. The summed E-state index contributed by atoms with van der Waals surface area (Å²) in [4.78, 5) is 6.17. The van der Waals surface area contributed by atoms with Crippen molar-refractivity contribution in [2.45, 2.75) is 12.3 Å². The molecule has 1 atom stereocenters. The summed E-state index contributed by atoms with van der Waals surface area (Å²) in [6, 6.07) is 15.4. The van der Waals surface area contributed by atoms with Gasteiger partial charge in [-0.2, -0.15) is 0 Å². The molecule has 0 radical (unpaired) electrons. The lowest BCUT2D eigenvalue weighted by molar-refractivity contribution is -0.0513. The van der Waals surface area contributed by atoms with Gasteiger partial charge in [0.25, 0.3) is 0 Å². The SMILES string of the molecule is OC1(c2ccccc2)CSC(=S)N1Cc1ccccn1. The smallest absolute Gasteiger partial charge is 0.175 e. The van der Waals surface area contributed by atoms with E-state index in [0.29, 0.717) is 16.6 Å². The van der Waals surface area contributed by atoms with Crippen molar-refractivity contribution in [2.24, 2.45) is 0 Å². The fourth-order valence-corrected chi connectivity index (χ4v) is 3.67. The number of thioether (sulfide) groups is 1. The number of rotatable bonds is 3. The number of hydrogen-bond acceptors (Lipinski definition) is 4. The monoisotopic (exact) mass is 302 g/mol. The number of aliphatic hydroxyl groups is 1. The van der Waals surface area contributed by atoms with Gasteiger partial charge in [0.1, 0.15) is 4.32 Å². The van der Waals surface area contributed by atoms with Crippen LogP contribution in [0.5, 0.6) is 0 Å². The number of nitrogens with zero attached hydrogens (tertiary/aromatic N) is 2. The van der Waals surface area contributed by atoms with Crippen LogP contribution in [0.2, 0.25) is 0 Å². The number of hydrogen-bond donors (Lipinski definition) is 1. The maximum Gasteiger partial charge on any atom is 0.175 e. The highest BCUT2D eigenvalue weighted by atomic mass is 32.2. The molecule has 0 aliphatic carbocycles. The highest BCUT2D eigenvalue weighted by Crippen LogP contribution is 2.39. The first-order chi connectivity index (χ1) is 9.70. The maximum atomic E-state index is 11.0. The van der Waals surface area contributed by atoms with E-state index in [1.165, 1.54) is 11.8 Å². The standard InChI is InChI=1S/C15H14N2OS2/c18-15(12-6-2-1-3-7-12)11-20-14(19)17(15)10-13-8-4-5-9-16-13/h1-9,18H,10-11H2. The summed E-state index contributed by atoms with van der Waals surface area (Å²) in [6.07, 6.45) is 1.75. The second kappa shape index (κ2) is 5.52. The summed E-state index contributed by atoms with van der Waals surface area (Å²) >= 11 is 6.90. The molecule has 1 aliphatic heterocycles. The average molecular weight is 302 g/mol. The molecule has 1 aliphatic rings. The van der Waals surface area contributed by atoms with E-state index in [-0.39, 0.29) is 0 Å². The Morgan fingerprint density at radius 3 is 2.65 bits per heavy atom. The van der Waals surface area contributed by atoms with Crippen LogP contribution in [-0.2, 0) is 12.3 Å². The van der Waals surface area contributed by atoms with Crippen molar-refractivity contribution < 1.29 is 5.11 Å². The zero-order valence-electron chi connectivity index (χ0n) is 10.8. The molecule has 0 amide bonds. The minimum absolute atomic E-state index is 0.512. The molecule has 0 spiro atoms. The molecule has 2 heterocycles. The van der Waals surface area contributed by atoms with Gasteiger partial charge in [0.2, 0.25) is 0 Å². The molecule has 1 aromatic heterocycles. The van der Waals surface area contributed by atoms with Crippen LogP contribution in [0.4, 0.5) is 0 Å². The molecule has 102 valence electrons. The van der Waals surface area contributed by atoms with Crippen LogP contribution in [0.15, 0.2) is 54.7 Å². The molecule has 20 heavy (non-hydrogen) atoms. The summed E-state index contributed by atoms with van der Waals surface area (Å²) in [6.45, 7) is 0.512. The van der Waals surface area contributed by atoms with Crippen LogP contribution in [0.25, 0.3) is 0 Å². The first-order valence-electron chi connectivity index (χ1n) is 6.32. The number of pyridine rings is 1. The number of benzene rings is 1. The lowest BCUT2D eigenvalue weighted by atomic mass is 10.0. The molecule has 1 aromatic carbocycles. The Hall–Kier alpha value is -1.43. The quantitative estimate of drug-likeness (QED) is 0.882. The highest BCUT2D eigenvalue weighted by molar-refractivity contribution is 8.23. The molecule has 1 fully saturated rings. The summed E-state index contributed by atoms with van der Waals surface area (Å²) in [7, 11) is 0. The van der Waals surface area contributed by atoms with Gasteiger partial charge in [-0.25, -0.2) is 0 Å². The van der Waals surface area contributed by atoms with Gasteiger partial charge in [-0.3, -0.25) is 4.98 Å². The second-order valence-corrected chi connectivity index (χ2v) is 6.25. The van der Waals surface area contributed by atoms with Gasteiger partial charge in [0, 0.05) is 11.8 Å². The molecular formula is C15H14N2OS2. The topological polar surface area (TPSA) is 36.4 Å². The van der Waals surface area contributed by atoms with Crippen molar-refractivity contribution in [3.05, 3.63) is 66.0 Å². The van der Waals surface area contributed by atoms with Crippen LogP contribution >= 0.6 is 24.0 Å². The molecule has 1 N–H and O–H groups in total. The summed E-state index contributed by atoms with van der Waals surface area (Å²) in [5.74, 6) is 0.544. The minimum atomic E-state index is -1.06. The lowest BCUT2D eigenvalue weighted by Crippen LogP contribution is -2.44. The fraction of sp³-hybridized carbons (Fsp3) is 0.200. The molecule has 1 saturated heterocycles. The van der Waals surface area contributed by atoms with E-state index in [1.54, 1.807) is 6.20 Å². The van der Waals surface area contributed by atoms with Crippen LogP contribution in [0, 0.1) is 0 Å². The van der Waals surface area contributed by atoms with E-state index in [9.17, 15) is 5.11 Å². The summed E-state index contributed by atoms with van der Waals surface area (Å²) in [5, 5.41) is 11.0. The average Bonchev–Trinajstić information content (AvgIpc) is 2.79. The van der Waals surface area contributed by atoms with Crippen molar-refractivity contribution in [1.29, 1.82) is 0 Å². The van der Waals surface area contributed by atoms with Crippen LogP contribution in [0.3, 0.4) is 0 Å². The third kappa shape index (κ3) is 2.44. The molecule has 1 unspecified atom stereocenters. The van der Waals surface area contributed by atoms with Gasteiger partial charge in [0.15, 0.2) is 5.72 Å². The number of aromatic nitrogens is 1. The predicted octanol–water partition coefficient (Wildman–Crippen LogP) is 2.76. The van der Waals surface area contributed by atoms with Gasteiger partial charge < -0.3 is 10.0 Å². The summed E-state index contributed by atoms with van der Waals surface area (Å²) < 4.78 is 0.710. The third-order valence-electron chi connectivity index (χ3n) is 3.35.